The number of aryl methyl sites for hydroxylation is 3. The van der Waals surface area contributed by atoms with Gasteiger partial charge in [-0.25, -0.2) is 4.79 Å². The minimum absolute atomic E-state index is 0.387. The van der Waals surface area contributed by atoms with Gasteiger partial charge in [0.25, 0.3) is 0 Å². The Morgan fingerprint density at radius 1 is 0.926 bits per heavy atom. The van der Waals surface area contributed by atoms with Gasteiger partial charge in [-0.2, -0.15) is 0 Å². The number of hydrogen-bond donors (Lipinski definition) is 2. The van der Waals surface area contributed by atoms with Crippen molar-refractivity contribution in [2.24, 2.45) is 0 Å². The number of carbonyl (C=O) groups excluding carboxylic acids is 1. The highest BCUT2D eigenvalue weighted by Gasteiger charge is 2.14. The predicted octanol–water partition coefficient (Wildman–Crippen LogP) is 5.76. The van der Waals surface area contributed by atoms with Gasteiger partial charge in [0.2, 0.25) is 0 Å². The standard InChI is InChI=1S/C17H19N.C6H13NO2/c1-13-6-9-16(10-7-13)18-17-11-8-14-4-2-3-5-15(14)12-17;1-6(2,3)9-5(8)7-4/h6-12,18H,2-5H2,1H3;1-4H3,(H,7,8). The van der Waals surface area contributed by atoms with Crippen molar-refractivity contribution in [3.05, 3.63) is 59.2 Å². The lowest BCUT2D eigenvalue weighted by atomic mass is 9.91. The zero-order valence-corrected chi connectivity index (χ0v) is 17.2. The fourth-order valence-corrected chi connectivity index (χ4v) is 2.94. The first-order valence-electron chi connectivity index (χ1n) is 9.63. The highest BCUT2D eigenvalue weighted by Crippen LogP contribution is 2.26. The zero-order valence-electron chi connectivity index (χ0n) is 17.2. The minimum atomic E-state index is -0.389. The number of alkyl carbamates (subject to hydrolysis) is 1. The number of fused-ring (bicyclic) bond motifs is 1. The van der Waals surface area contributed by atoms with Crippen molar-refractivity contribution in [3.63, 3.8) is 0 Å². The quantitative estimate of drug-likeness (QED) is 0.709. The number of amides is 1. The van der Waals surface area contributed by atoms with Crippen LogP contribution in [0.2, 0.25) is 0 Å². The highest BCUT2D eigenvalue weighted by molar-refractivity contribution is 5.67. The summed E-state index contributed by atoms with van der Waals surface area (Å²) in [6.45, 7) is 7.58. The SMILES string of the molecule is CNC(=O)OC(C)(C)C.Cc1ccc(Nc2ccc3c(c2)CCCC3)cc1. The third-order valence-corrected chi connectivity index (χ3v) is 4.29. The molecule has 2 aromatic carbocycles. The molecule has 4 heteroatoms. The monoisotopic (exact) mass is 368 g/mol. The van der Waals surface area contributed by atoms with E-state index in [0.717, 1.165) is 5.69 Å². The van der Waals surface area contributed by atoms with Crippen molar-refractivity contribution in [1.82, 2.24) is 5.32 Å². The van der Waals surface area contributed by atoms with Crippen LogP contribution in [0.15, 0.2) is 42.5 Å². The second-order valence-electron chi connectivity index (χ2n) is 7.93. The van der Waals surface area contributed by atoms with Gasteiger partial charge in [-0.3, -0.25) is 0 Å². The van der Waals surface area contributed by atoms with Crippen molar-refractivity contribution in [1.29, 1.82) is 0 Å². The number of anilines is 2. The van der Waals surface area contributed by atoms with E-state index in [9.17, 15) is 4.79 Å². The third-order valence-electron chi connectivity index (χ3n) is 4.29. The maximum Gasteiger partial charge on any atom is 0.407 e. The summed E-state index contributed by atoms with van der Waals surface area (Å²) in [5, 5.41) is 5.84. The molecule has 27 heavy (non-hydrogen) atoms. The summed E-state index contributed by atoms with van der Waals surface area (Å²) >= 11 is 0. The van der Waals surface area contributed by atoms with Crippen LogP contribution >= 0.6 is 0 Å². The maximum atomic E-state index is 10.5. The van der Waals surface area contributed by atoms with E-state index in [1.807, 2.05) is 20.8 Å². The molecule has 1 aliphatic rings. The summed E-state index contributed by atoms with van der Waals surface area (Å²) in [7, 11) is 1.54. The van der Waals surface area contributed by atoms with E-state index in [0.29, 0.717) is 0 Å². The van der Waals surface area contributed by atoms with Crippen LogP contribution in [-0.4, -0.2) is 18.7 Å². The summed E-state index contributed by atoms with van der Waals surface area (Å²) in [4.78, 5) is 10.5. The van der Waals surface area contributed by atoms with Crippen molar-refractivity contribution in [3.8, 4) is 0 Å². The summed E-state index contributed by atoms with van der Waals surface area (Å²) in [5.41, 5.74) is 6.34. The molecule has 0 unspecified atom stereocenters. The minimum Gasteiger partial charge on any atom is -0.444 e. The smallest absolute Gasteiger partial charge is 0.407 e. The number of hydrogen-bond acceptors (Lipinski definition) is 3. The second kappa shape index (κ2) is 9.45. The van der Waals surface area contributed by atoms with Gasteiger partial charge in [-0.15, -0.1) is 0 Å². The Morgan fingerprint density at radius 2 is 1.52 bits per heavy atom. The molecule has 2 aromatic rings. The molecule has 2 N–H and O–H groups in total. The van der Waals surface area contributed by atoms with E-state index in [4.69, 9.17) is 4.74 Å². The van der Waals surface area contributed by atoms with Crippen LogP contribution in [0.5, 0.6) is 0 Å². The van der Waals surface area contributed by atoms with Crippen LogP contribution < -0.4 is 10.6 Å². The molecule has 0 fully saturated rings. The fraction of sp³-hybridized carbons (Fsp3) is 0.435. The van der Waals surface area contributed by atoms with Gasteiger partial charge in [0.05, 0.1) is 0 Å². The number of ether oxygens (including phenoxy) is 1. The lowest BCUT2D eigenvalue weighted by Crippen LogP contribution is -2.30. The maximum absolute atomic E-state index is 10.5. The molecule has 0 radical (unpaired) electrons. The Balaban J connectivity index is 0.000000249. The average molecular weight is 369 g/mol. The van der Waals surface area contributed by atoms with Crippen LogP contribution in [0.1, 0.15) is 50.3 Å². The number of rotatable bonds is 2. The molecule has 0 aliphatic heterocycles. The van der Waals surface area contributed by atoms with E-state index >= 15 is 0 Å². The average Bonchev–Trinajstić information content (AvgIpc) is 2.63. The molecule has 0 bridgehead atoms. The first-order valence-corrected chi connectivity index (χ1v) is 9.63. The molecule has 0 saturated carbocycles. The van der Waals surface area contributed by atoms with Crippen LogP contribution in [0.4, 0.5) is 16.2 Å². The predicted molar refractivity (Wildman–Crippen MR) is 113 cm³/mol. The van der Waals surface area contributed by atoms with Gasteiger partial charge in [0.15, 0.2) is 0 Å². The van der Waals surface area contributed by atoms with Gasteiger partial charge in [-0.1, -0.05) is 23.8 Å². The van der Waals surface area contributed by atoms with E-state index in [1.165, 1.54) is 55.1 Å². The van der Waals surface area contributed by atoms with E-state index in [-0.39, 0.29) is 11.7 Å². The molecule has 1 amide bonds. The fourth-order valence-electron chi connectivity index (χ4n) is 2.94. The van der Waals surface area contributed by atoms with E-state index in [1.54, 1.807) is 0 Å². The Morgan fingerprint density at radius 3 is 2.07 bits per heavy atom. The third kappa shape index (κ3) is 7.33. The van der Waals surface area contributed by atoms with Crippen LogP contribution in [0, 0.1) is 6.92 Å². The summed E-state index contributed by atoms with van der Waals surface area (Å²) < 4.78 is 4.84. The molecule has 1 aliphatic carbocycles. The van der Waals surface area contributed by atoms with E-state index < -0.39 is 0 Å². The molecule has 0 saturated heterocycles. The number of carbonyl (C=O) groups is 1. The summed E-state index contributed by atoms with van der Waals surface area (Å²) in [5.74, 6) is 0. The molecule has 0 aromatic heterocycles. The normalized spacial score (nSPS) is 12.9. The zero-order chi connectivity index (χ0) is 19.9. The van der Waals surface area contributed by atoms with Crippen LogP contribution in [0.25, 0.3) is 0 Å². The Labute approximate surface area is 163 Å². The number of benzene rings is 2. The van der Waals surface area contributed by atoms with Crippen molar-refractivity contribution in [2.45, 2.75) is 59.0 Å². The highest BCUT2D eigenvalue weighted by atomic mass is 16.6. The molecule has 4 nitrogen and oxygen atoms in total. The first kappa shape index (κ1) is 20.8. The largest absolute Gasteiger partial charge is 0.444 e. The Hall–Kier alpha value is -2.49. The van der Waals surface area contributed by atoms with Crippen LogP contribution in [0.3, 0.4) is 0 Å². The molecular weight excluding hydrogens is 336 g/mol. The first-order chi connectivity index (χ1) is 12.8. The number of nitrogens with one attached hydrogen (secondary N) is 2. The lowest BCUT2D eigenvalue weighted by Gasteiger charge is -2.18. The molecular formula is C23H32N2O2. The van der Waals surface area contributed by atoms with Crippen LogP contribution in [-0.2, 0) is 17.6 Å². The van der Waals surface area contributed by atoms with Gasteiger partial charge in [-0.05, 0) is 88.8 Å². The van der Waals surface area contributed by atoms with Gasteiger partial charge >= 0.3 is 6.09 Å². The van der Waals surface area contributed by atoms with E-state index in [2.05, 4.69) is 60.0 Å². The molecule has 0 spiro atoms. The molecule has 0 heterocycles. The summed E-state index contributed by atoms with van der Waals surface area (Å²) in [6, 6.07) is 15.3. The van der Waals surface area contributed by atoms with Gasteiger partial charge < -0.3 is 15.4 Å². The summed E-state index contributed by atoms with van der Waals surface area (Å²) in [6.07, 6.45) is 4.78. The topological polar surface area (TPSA) is 50.4 Å². The molecule has 0 atom stereocenters. The molecule has 146 valence electrons. The van der Waals surface area contributed by atoms with Gasteiger partial charge in [0.1, 0.15) is 5.60 Å². The molecule has 3 rings (SSSR count). The Bertz CT molecular complexity index is 746. The lowest BCUT2D eigenvalue weighted by molar-refractivity contribution is 0.0541. The van der Waals surface area contributed by atoms with Gasteiger partial charge in [0, 0.05) is 18.4 Å². The van der Waals surface area contributed by atoms with Crippen molar-refractivity contribution in [2.75, 3.05) is 12.4 Å². The van der Waals surface area contributed by atoms with Crippen molar-refractivity contribution >= 4 is 17.5 Å². The second-order valence-corrected chi connectivity index (χ2v) is 7.93. The van der Waals surface area contributed by atoms with Crippen molar-refractivity contribution < 1.29 is 9.53 Å². The Kier molecular flexibility index (Phi) is 7.28.